The molecule has 158 valence electrons. The summed E-state index contributed by atoms with van der Waals surface area (Å²) >= 11 is 0. The van der Waals surface area contributed by atoms with Crippen LogP contribution in [0, 0.1) is 5.92 Å². The van der Waals surface area contributed by atoms with Crippen LogP contribution < -0.4 is 14.8 Å². The first-order valence-corrected chi connectivity index (χ1v) is 10.9. The summed E-state index contributed by atoms with van der Waals surface area (Å²) in [6.45, 7) is 7.72. The number of amides is 1. The van der Waals surface area contributed by atoms with Gasteiger partial charge in [-0.2, -0.15) is 0 Å². The molecule has 0 unspecified atom stereocenters. The molecule has 0 radical (unpaired) electrons. The minimum atomic E-state index is -0.0292. The highest BCUT2D eigenvalue weighted by Gasteiger charge is 2.25. The first-order valence-electron chi connectivity index (χ1n) is 10.9. The van der Waals surface area contributed by atoms with Gasteiger partial charge in [0.2, 0.25) is 0 Å². The normalized spacial score (nSPS) is 17.1. The molecule has 4 rings (SSSR count). The van der Waals surface area contributed by atoms with E-state index in [0.717, 1.165) is 35.4 Å². The van der Waals surface area contributed by atoms with E-state index in [4.69, 9.17) is 9.47 Å². The quantitative estimate of drug-likeness (QED) is 0.638. The first kappa shape index (κ1) is 20.5. The summed E-state index contributed by atoms with van der Waals surface area (Å²) < 4.78 is 11.2. The molecule has 4 nitrogen and oxygen atoms in total. The van der Waals surface area contributed by atoms with Gasteiger partial charge in [-0.1, -0.05) is 57.9 Å². The zero-order valence-electron chi connectivity index (χ0n) is 18.2. The predicted octanol–water partition coefficient (Wildman–Crippen LogP) is 5.97. The number of hydrogen-bond donors (Lipinski definition) is 1. The summed E-state index contributed by atoms with van der Waals surface area (Å²) in [4.78, 5) is 13.2. The Morgan fingerprint density at radius 1 is 0.967 bits per heavy atom. The number of carbonyl (C=O) groups excluding carboxylic acids is 1. The van der Waals surface area contributed by atoms with Gasteiger partial charge in [0.05, 0.1) is 0 Å². The maximum atomic E-state index is 13.2. The molecule has 1 aliphatic carbocycles. The van der Waals surface area contributed by atoms with E-state index >= 15 is 0 Å². The molecule has 1 heterocycles. The third-order valence-electron chi connectivity index (χ3n) is 5.96. The van der Waals surface area contributed by atoms with Gasteiger partial charge in [-0.05, 0) is 53.5 Å². The minimum absolute atomic E-state index is 0.0292. The molecular weight excluding hydrogens is 374 g/mol. The van der Waals surface area contributed by atoms with Crippen molar-refractivity contribution in [3.05, 3.63) is 59.2 Å². The Morgan fingerprint density at radius 2 is 1.63 bits per heavy atom. The second-order valence-electron chi connectivity index (χ2n) is 9.27. The SMILES string of the molecule is CC(C)(C)c1ccc(/C=C(/C(=O)Nc2ccc3c(c2)OCCO3)C2CCCC2)cc1. The summed E-state index contributed by atoms with van der Waals surface area (Å²) in [6, 6.07) is 14.1. The predicted molar refractivity (Wildman–Crippen MR) is 121 cm³/mol. The van der Waals surface area contributed by atoms with Crippen molar-refractivity contribution < 1.29 is 14.3 Å². The van der Waals surface area contributed by atoms with Crippen LogP contribution in [-0.2, 0) is 10.2 Å². The van der Waals surface area contributed by atoms with Crippen LogP contribution in [0.4, 0.5) is 5.69 Å². The molecule has 4 heteroatoms. The molecule has 0 bridgehead atoms. The smallest absolute Gasteiger partial charge is 0.251 e. The Hall–Kier alpha value is -2.75. The van der Waals surface area contributed by atoms with Crippen molar-refractivity contribution >= 4 is 17.7 Å². The van der Waals surface area contributed by atoms with Gasteiger partial charge in [-0.25, -0.2) is 0 Å². The molecule has 2 aromatic rings. The van der Waals surface area contributed by atoms with E-state index in [2.05, 4.69) is 56.4 Å². The molecule has 2 aliphatic rings. The van der Waals surface area contributed by atoms with Crippen molar-refractivity contribution in [2.45, 2.75) is 51.9 Å². The molecule has 0 atom stereocenters. The van der Waals surface area contributed by atoms with Crippen LogP contribution in [0.1, 0.15) is 57.6 Å². The molecule has 1 aliphatic heterocycles. The highest BCUT2D eigenvalue weighted by molar-refractivity contribution is 6.07. The number of benzene rings is 2. The fourth-order valence-corrected chi connectivity index (χ4v) is 4.19. The van der Waals surface area contributed by atoms with Gasteiger partial charge >= 0.3 is 0 Å². The summed E-state index contributed by atoms with van der Waals surface area (Å²) in [5.41, 5.74) is 4.08. The van der Waals surface area contributed by atoms with Gasteiger partial charge in [0.1, 0.15) is 13.2 Å². The van der Waals surface area contributed by atoms with E-state index in [-0.39, 0.29) is 11.3 Å². The van der Waals surface area contributed by atoms with Crippen LogP contribution >= 0.6 is 0 Å². The van der Waals surface area contributed by atoms with Gasteiger partial charge in [-0.15, -0.1) is 0 Å². The van der Waals surface area contributed by atoms with Crippen LogP contribution in [0.15, 0.2) is 48.0 Å². The van der Waals surface area contributed by atoms with Crippen molar-refractivity contribution in [3.8, 4) is 11.5 Å². The van der Waals surface area contributed by atoms with Crippen molar-refractivity contribution in [1.29, 1.82) is 0 Å². The fourth-order valence-electron chi connectivity index (χ4n) is 4.19. The first-order chi connectivity index (χ1) is 14.4. The van der Waals surface area contributed by atoms with Gasteiger partial charge in [-0.3, -0.25) is 4.79 Å². The maximum Gasteiger partial charge on any atom is 0.251 e. The van der Waals surface area contributed by atoms with Crippen molar-refractivity contribution in [1.82, 2.24) is 0 Å². The highest BCUT2D eigenvalue weighted by Crippen LogP contribution is 2.35. The summed E-state index contributed by atoms with van der Waals surface area (Å²) in [6.07, 6.45) is 6.57. The summed E-state index contributed by atoms with van der Waals surface area (Å²) in [5, 5.41) is 3.08. The van der Waals surface area contributed by atoms with Crippen molar-refractivity contribution in [2.24, 2.45) is 5.92 Å². The molecule has 0 aromatic heterocycles. The van der Waals surface area contributed by atoms with Gasteiger partial charge in [0, 0.05) is 17.3 Å². The topological polar surface area (TPSA) is 47.6 Å². The molecule has 1 amide bonds. The fraction of sp³-hybridized carbons (Fsp3) is 0.423. The van der Waals surface area contributed by atoms with E-state index in [1.807, 2.05) is 18.2 Å². The molecular formula is C26H31NO3. The number of ether oxygens (including phenoxy) is 2. The van der Waals surface area contributed by atoms with Crippen LogP contribution in [0.3, 0.4) is 0 Å². The molecule has 1 N–H and O–H groups in total. The average molecular weight is 406 g/mol. The lowest BCUT2D eigenvalue weighted by molar-refractivity contribution is -0.113. The lowest BCUT2D eigenvalue weighted by atomic mass is 9.86. The Morgan fingerprint density at radius 3 is 2.30 bits per heavy atom. The molecule has 1 fully saturated rings. The number of anilines is 1. The lowest BCUT2D eigenvalue weighted by Gasteiger charge is -2.20. The van der Waals surface area contributed by atoms with Crippen LogP contribution in [0.5, 0.6) is 11.5 Å². The van der Waals surface area contributed by atoms with E-state index < -0.39 is 0 Å². The zero-order valence-corrected chi connectivity index (χ0v) is 18.2. The zero-order chi connectivity index (χ0) is 21.1. The number of fused-ring (bicyclic) bond motifs is 1. The molecule has 0 spiro atoms. The van der Waals surface area contributed by atoms with Gasteiger partial charge in [0.15, 0.2) is 11.5 Å². The monoisotopic (exact) mass is 405 g/mol. The molecule has 0 saturated heterocycles. The summed E-state index contributed by atoms with van der Waals surface area (Å²) in [5.74, 6) is 1.69. The average Bonchev–Trinajstić information content (AvgIpc) is 3.26. The Kier molecular flexibility index (Phi) is 5.85. The minimum Gasteiger partial charge on any atom is -0.486 e. The van der Waals surface area contributed by atoms with Gasteiger partial charge in [0.25, 0.3) is 5.91 Å². The number of rotatable bonds is 4. The van der Waals surface area contributed by atoms with E-state index in [9.17, 15) is 4.79 Å². The van der Waals surface area contributed by atoms with Gasteiger partial charge < -0.3 is 14.8 Å². The third kappa shape index (κ3) is 4.69. The second kappa shape index (κ2) is 8.55. The number of nitrogens with one attached hydrogen (secondary N) is 1. The number of carbonyl (C=O) groups is 1. The molecule has 2 aromatic carbocycles. The van der Waals surface area contributed by atoms with Crippen LogP contribution in [0.25, 0.3) is 6.08 Å². The largest absolute Gasteiger partial charge is 0.486 e. The summed E-state index contributed by atoms with van der Waals surface area (Å²) in [7, 11) is 0. The lowest BCUT2D eigenvalue weighted by Crippen LogP contribution is -2.20. The Balaban J connectivity index is 1.57. The van der Waals surface area contributed by atoms with E-state index in [0.29, 0.717) is 24.9 Å². The Labute approximate surface area is 179 Å². The Bertz CT molecular complexity index is 932. The van der Waals surface area contributed by atoms with Crippen LogP contribution in [0.2, 0.25) is 0 Å². The molecule has 30 heavy (non-hydrogen) atoms. The highest BCUT2D eigenvalue weighted by atomic mass is 16.6. The standard InChI is InChI=1S/C26H31NO3/c1-26(2,3)20-10-8-18(9-11-20)16-22(19-6-4-5-7-19)25(28)27-21-12-13-23-24(17-21)30-15-14-29-23/h8-13,16-17,19H,4-7,14-15H2,1-3H3,(H,27,28)/b22-16+. The maximum absolute atomic E-state index is 13.2. The van der Waals surface area contributed by atoms with Crippen LogP contribution in [-0.4, -0.2) is 19.1 Å². The van der Waals surface area contributed by atoms with E-state index in [1.165, 1.54) is 18.4 Å². The molecule has 1 saturated carbocycles. The second-order valence-corrected chi connectivity index (χ2v) is 9.27. The van der Waals surface area contributed by atoms with E-state index in [1.54, 1.807) is 0 Å². The van der Waals surface area contributed by atoms with Crippen molar-refractivity contribution in [3.63, 3.8) is 0 Å². The van der Waals surface area contributed by atoms with Crippen molar-refractivity contribution in [2.75, 3.05) is 18.5 Å². The third-order valence-corrected chi connectivity index (χ3v) is 5.96. The number of hydrogen-bond acceptors (Lipinski definition) is 3.